The van der Waals surface area contributed by atoms with Gasteiger partial charge < -0.3 is 10.3 Å². The lowest BCUT2D eigenvalue weighted by Gasteiger charge is -2.03. The Kier molecular flexibility index (Phi) is 3.89. The van der Waals surface area contributed by atoms with Crippen molar-refractivity contribution in [3.63, 3.8) is 0 Å². The zero-order chi connectivity index (χ0) is 18.3. The standard InChI is InChI=1S/C17H12ClFN6O/c1-9-2-4-10(5-3-9)16-21-17(26-23-16)14-15(20)25(24-22-14)11-6-7-13(19)12(18)8-11/h2-8H,20H2,1H3. The molecule has 130 valence electrons. The van der Waals surface area contributed by atoms with Gasteiger partial charge in [-0.05, 0) is 25.1 Å². The van der Waals surface area contributed by atoms with Crippen LogP contribution in [-0.2, 0) is 0 Å². The van der Waals surface area contributed by atoms with E-state index in [0.29, 0.717) is 11.5 Å². The number of rotatable bonds is 3. The molecule has 4 aromatic rings. The summed E-state index contributed by atoms with van der Waals surface area (Å²) in [4.78, 5) is 4.32. The maximum atomic E-state index is 13.3. The van der Waals surface area contributed by atoms with Crippen molar-refractivity contribution in [2.45, 2.75) is 6.92 Å². The first-order chi connectivity index (χ1) is 12.5. The van der Waals surface area contributed by atoms with Gasteiger partial charge in [0.1, 0.15) is 5.82 Å². The molecule has 7 nitrogen and oxygen atoms in total. The lowest BCUT2D eigenvalue weighted by Crippen LogP contribution is -2.02. The highest BCUT2D eigenvalue weighted by Crippen LogP contribution is 2.27. The van der Waals surface area contributed by atoms with Gasteiger partial charge >= 0.3 is 0 Å². The normalized spacial score (nSPS) is 11.0. The Labute approximate surface area is 152 Å². The fourth-order valence-electron chi connectivity index (χ4n) is 2.39. The van der Waals surface area contributed by atoms with Crippen molar-refractivity contribution in [2.75, 3.05) is 5.73 Å². The first kappa shape index (κ1) is 16.2. The highest BCUT2D eigenvalue weighted by Gasteiger charge is 2.20. The zero-order valence-corrected chi connectivity index (χ0v) is 14.3. The number of halogens is 2. The van der Waals surface area contributed by atoms with Crippen LogP contribution in [0.3, 0.4) is 0 Å². The summed E-state index contributed by atoms with van der Waals surface area (Å²) in [5.41, 5.74) is 8.73. The molecule has 0 saturated carbocycles. The van der Waals surface area contributed by atoms with Crippen molar-refractivity contribution >= 4 is 17.4 Å². The molecule has 4 rings (SSSR count). The minimum atomic E-state index is -0.533. The van der Waals surface area contributed by atoms with Gasteiger partial charge in [-0.1, -0.05) is 51.8 Å². The Morgan fingerprint density at radius 1 is 1.15 bits per heavy atom. The molecule has 0 spiro atoms. The van der Waals surface area contributed by atoms with Crippen LogP contribution in [0.5, 0.6) is 0 Å². The number of anilines is 1. The molecule has 0 aliphatic rings. The van der Waals surface area contributed by atoms with E-state index in [9.17, 15) is 4.39 Å². The van der Waals surface area contributed by atoms with E-state index in [2.05, 4.69) is 20.5 Å². The number of hydrogen-bond acceptors (Lipinski definition) is 6. The number of aryl methyl sites for hydroxylation is 1. The molecule has 9 heteroatoms. The van der Waals surface area contributed by atoms with E-state index in [0.717, 1.165) is 11.1 Å². The van der Waals surface area contributed by atoms with Gasteiger partial charge in [-0.2, -0.15) is 9.67 Å². The molecular weight excluding hydrogens is 359 g/mol. The molecule has 0 radical (unpaired) electrons. The van der Waals surface area contributed by atoms with Gasteiger partial charge in [0.15, 0.2) is 11.5 Å². The average Bonchev–Trinajstić information content (AvgIpc) is 3.25. The summed E-state index contributed by atoms with van der Waals surface area (Å²) in [6, 6.07) is 11.8. The van der Waals surface area contributed by atoms with E-state index in [1.54, 1.807) is 0 Å². The van der Waals surface area contributed by atoms with Crippen molar-refractivity contribution in [3.05, 3.63) is 58.9 Å². The van der Waals surface area contributed by atoms with Gasteiger partial charge in [-0.15, -0.1) is 5.10 Å². The third-order valence-electron chi connectivity index (χ3n) is 3.79. The van der Waals surface area contributed by atoms with E-state index in [-0.39, 0.29) is 22.4 Å². The van der Waals surface area contributed by atoms with Gasteiger partial charge in [-0.3, -0.25) is 0 Å². The second-order valence-electron chi connectivity index (χ2n) is 5.62. The summed E-state index contributed by atoms with van der Waals surface area (Å²) in [7, 11) is 0. The molecule has 2 aromatic heterocycles. The van der Waals surface area contributed by atoms with Crippen molar-refractivity contribution in [1.82, 2.24) is 25.1 Å². The molecule has 2 heterocycles. The maximum absolute atomic E-state index is 13.3. The monoisotopic (exact) mass is 370 g/mol. The third kappa shape index (κ3) is 2.80. The summed E-state index contributed by atoms with van der Waals surface area (Å²) in [5.74, 6) is 0.192. The Bertz CT molecular complexity index is 1090. The molecule has 0 aliphatic heterocycles. The molecule has 26 heavy (non-hydrogen) atoms. The maximum Gasteiger partial charge on any atom is 0.282 e. The lowest BCUT2D eigenvalue weighted by atomic mass is 10.1. The molecule has 0 bridgehead atoms. The minimum Gasteiger partial charge on any atom is -0.382 e. The number of nitrogens with two attached hydrogens (primary N) is 1. The minimum absolute atomic E-state index is 0.0432. The number of nitrogen functional groups attached to an aromatic ring is 1. The predicted molar refractivity (Wildman–Crippen MR) is 94.2 cm³/mol. The molecule has 0 unspecified atom stereocenters. The van der Waals surface area contributed by atoms with Crippen molar-refractivity contribution < 1.29 is 8.91 Å². The van der Waals surface area contributed by atoms with Crippen LogP contribution < -0.4 is 5.73 Å². The van der Waals surface area contributed by atoms with E-state index >= 15 is 0 Å². The van der Waals surface area contributed by atoms with E-state index in [1.165, 1.54) is 22.9 Å². The van der Waals surface area contributed by atoms with Crippen molar-refractivity contribution in [3.8, 4) is 28.7 Å². The van der Waals surface area contributed by atoms with Gasteiger partial charge in [0.05, 0.1) is 10.7 Å². The van der Waals surface area contributed by atoms with Crippen LogP contribution >= 0.6 is 11.6 Å². The molecule has 0 aliphatic carbocycles. The highest BCUT2D eigenvalue weighted by molar-refractivity contribution is 6.30. The van der Waals surface area contributed by atoms with Gasteiger partial charge in [0, 0.05) is 5.56 Å². The van der Waals surface area contributed by atoms with Crippen molar-refractivity contribution in [1.29, 1.82) is 0 Å². The topological polar surface area (TPSA) is 95.7 Å². The molecular formula is C17H12ClFN6O. The Hall–Kier alpha value is -3.26. The molecule has 0 saturated heterocycles. The van der Waals surface area contributed by atoms with Crippen molar-refractivity contribution in [2.24, 2.45) is 0 Å². The van der Waals surface area contributed by atoms with Crippen LogP contribution in [0.25, 0.3) is 28.7 Å². The number of benzene rings is 2. The first-order valence-electron chi connectivity index (χ1n) is 7.60. The van der Waals surface area contributed by atoms with E-state index < -0.39 is 5.82 Å². The van der Waals surface area contributed by atoms with Crippen LogP contribution in [0, 0.1) is 12.7 Å². The quantitative estimate of drug-likeness (QED) is 0.591. The summed E-state index contributed by atoms with van der Waals surface area (Å²) in [5, 5.41) is 11.9. The number of hydrogen-bond donors (Lipinski definition) is 1. The van der Waals surface area contributed by atoms with Crippen LogP contribution in [0.15, 0.2) is 47.0 Å². The second-order valence-corrected chi connectivity index (χ2v) is 6.03. The summed E-state index contributed by atoms with van der Waals surface area (Å²) in [6.45, 7) is 1.99. The molecule has 0 atom stereocenters. The zero-order valence-electron chi connectivity index (χ0n) is 13.5. The van der Waals surface area contributed by atoms with Gasteiger partial charge in [0.25, 0.3) is 5.89 Å². The molecule has 0 amide bonds. The first-order valence-corrected chi connectivity index (χ1v) is 7.98. The Morgan fingerprint density at radius 2 is 1.92 bits per heavy atom. The Morgan fingerprint density at radius 3 is 2.65 bits per heavy atom. The lowest BCUT2D eigenvalue weighted by molar-refractivity contribution is 0.431. The van der Waals surface area contributed by atoms with E-state index in [1.807, 2.05) is 31.2 Å². The highest BCUT2D eigenvalue weighted by atomic mass is 35.5. The predicted octanol–water partition coefficient (Wildman–Crippen LogP) is 3.67. The molecule has 0 fully saturated rings. The summed E-state index contributed by atoms with van der Waals surface area (Å²) in [6.07, 6.45) is 0. The smallest absolute Gasteiger partial charge is 0.282 e. The number of nitrogens with zero attached hydrogens (tertiary/aromatic N) is 5. The molecule has 2 N–H and O–H groups in total. The van der Waals surface area contributed by atoms with Crippen LogP contribution in [0.4, 0.5) is 10.2 Å². The van der Waals surface area contributed by atoms with Gasteiger partial charge in [-0.25, -0.2) is 4.39 Å². The number of aromatic nitrogens is 5. The SMILES string of the molecule is Cc1ccc(-c2noc(-c3nnn(-c4ccc(F)c(Cl)c4)c3N)n2)cc1. The fourth-order valence-corrected chi connectivity index (χ4v) is 2.56. The summed E-state index contributed by atoms with van der Waals surface area (Å²) < 4.78 is 19.9. The average molecular weight is 371 g/mol. The van der Waals surface area contributed by atoms with Gasteiger partial charge in [0.2, 0.25) is 5.82 Å². The third-order valence-corrected chi connectivity index (χ3v) is 4.08. The fraction of sp³-hybridized carbons (Fsp3) is 0.0588. The van der Waals surface area contributed by atoms with Crippen LogP contribution in [-0.4, -0.2) is 25.1 Å². The molecule has 2 aromatic carbocycles. The van der Waals surface area contributed by atoms with Crippen LogP contribution in [0.2, 0.25) is 5.02 Å². The largest absolute Gasteiger partial charge is 0.382 e. The Balaban J connectivity index is 1.70. The summed E-state index contributed by atoms with van der Waals surface area (Å²) >= 11 is 5.80. The second kappa shape index (κ2) is 6.23. The van der Waals surface area contributed by atoms with E-state index in [4.69, 9.17) is 21.9 Å². The van der Waals surface area contributed by atoms with Crippen LogP contribution in [0.1, 0.15) is 5.56 Å².